The molecule has 109 heavy (non-hydrogen) atoms. The van der Waals surface area contributed by atoms with Crippen LogP contribution in [0, 0.1) is 16.7 Å². The Bertz CT molecular complexity index is 4180. The summed E-state index contributed by atoms with van der Waals surface area (Å²) in [5, 5.41) is 71.0. The maximum atomic E-state index is 16.0. The number of nitrogens with zero attached hydrogens (tertiary/aromatic N) is 4. The number of amides is 4. The zero-order valence-corrected chi connectivity index (χ0v) is 62.1. The number of carboxylic acid groups (broad SMARTS) is 3. The largest absolute Gasteiger partial charge is 0.481 e. The zero-order chi connectivity index (χ0) is 79.1. The van der Waals surface area contributed by atoms with Gasteiger partial charge in [0.15, 0.2) is 17.5 Å². The monoisotopic (exact) mass is 1530 g/mol. The molecule has 0 unspecified atom stereocenters. The van der Waals surface area contributed by atoms with Crippen molar-refractivity contribution in [1.29, 1.82) is 0 Å². The number of aliphatic hydroxyl groups is 2. The number of halogens is 1. The molecule has 13 atom stereocenters. The van der Waals surface area contributed by atoms with Crippen LogP contribution < -0.4 is 16.0 Å². The summed E-state index contributed by atoms with van der Waals surface area (Å²) in [6, 6.07) is 25.3. The van der Waals surface area contributed by atoms with Gasteiger partial charge in [-0.25, -0.2) is 24.0 Å². The number of Topliss-reactive ketones (excluding diaryl/α,β-unsaturated/α-hetero) is 1. The fraction of sp³-hybridized carbons (Fsp3) is 0.487. The molecule has 1 aliphatic heterocycles. The van der Waals surface area contributed by atoms with Gasteiger partial charge in [-0.05, 0) is 124 Å². The van der Waals surface area contributed by atoms with E-state index in [0.29, 0.717) is 42.9 Å². The number of ether oxygens (including phenoxy) is 6. The first-order chi connectivity index (χ1) is 51.8. The van der Waals surface area contributed by atoms with E-state index >= 15 is 9.59 Å². The molecule has 2 heterocycles. The summed E-state index contributed by atoms with van der Waals surface area (Å²) < 4.78 is 39.0. The summed E-state index contributed by atoms with van der Waals surface area (Å²) in [5.74, 6) is -12.5. The smallest absolute Gasteiger partial charge is 0.350 e. The highest BCUT2D eigenvalue weighted by atomic mass is 35.5. The van der Waals surface area contributed by atoms with Crippen LogP contribution in [-0.2, 0) is 91.1 Å². The van der Waals surface area contributed by atoms with Gasteiger partial charge in [0, 0.05) is 87.8 Å². The number of hydrogen-bond acceptors (Lipinski definition) is 22. The fourth-order valence-corrected chi connectivity index (χ4v) is 15.4. The standard InChI is InChI=1S/C78H92ClN7O23/c1-45-56(41-78(103)68(108-72(100)51-26-15-9-16-27-51)66-76(6,57(89)40-58-77(66,44-104-58)109-47(3)88)67(94)64(105-46(2)87)62(45)75(78,4)5)106-73(101)65(63(49-22-11-7-12-23-49)82-69(95)50-24-13-8-14-25-50)107-61(93)31-21-28-53-43-86(84-83-53)39-19-10-17-30-59(90)85(42-48-32-34-52(79)35-33-48)38-20-18-29-54(70(96)97)80-74(102)81-55(71(98)99)36-37-60(91)92/h7-9,11-16,22-27,32-35,43,54-58,63-66,68,89,103H,10,17-21,28-31,36-42,44H2,1-6H3,(H,82,95)(H,91,92)(H,96,97)(H,98,99)(H2,80,81,102)/t54-,55-,56-,57-,58+,63-,64+,65+,66-,68-,76+,77-,78+/m0/s1. The Morgan fingerprint density at radius 3 is 1.96 bits per heavy atom. The molecular formula is C78H92ClN7O23. The molecule has 584 valence electrons. The van der Waals surface area contributed by atoms with Gasteiger partial charge >= 0.3 is 53.8 Å². The Labute approximate surface area is 633 Å². The number of hydrogen-bond donors (Lipinski definition) is 8. The van der Waals surface area contributed by atoms with E-state index in [1.165, 1.54) is 52.0 Å². The summed E-state index contributed by atoms with van der Waals surface area (Å²) in [4.78, 5) is 165. The molecule has 1 aromatic heterocycles. The summed E-state index contributed by atoms with van der Waals surface area (Å²) >= 11 is 6.14. The molecule has 3 fully saturated rings. The quantitative estimate of drug-likeness (QED) is 0.00848. The normalized spacial score (nSPS) is 23.5. The number of aryl methyl sites for hydroxylation is 2. The first-order valence-corrected chi connectivity index (χ1v) is 36.5. The molecule has 30 nitrogen and oxygen atoms in total. The number of esters is 5. The number of rotatable bonds is 35. The van der Waals surface area contributed by atoms with Crippen molar-refractivity contribution >= 4 is 83.0 Å². The molecule has 5 aromatic rings. The number of urea groups is 1. The maximum absolute atomic E-state index is 16.0. The minimum absolute atomic E-state index is 0.0103. The predicted molar refractivity (Wildman–Crippen MR) is 385 cm³/mol. The van der Waals surface area contributed by atoms with Crippen LogP contribution in [0.15, 0.2) is 133 Å². The predicted octanol–water partition coefficient (Wildman–Crippen LogP) is 7.38. The SMILES string of the molecule is CC(=O)O[C@H]1C(=O)[C@@]2(C)[C@H]([C@H](OC(=O)c3ccccc3)[C@]3(O)C[C@H](OC(=O)[C@H](OC(=O)CCCc4cn(CCCCCC(=O)N(CCCC[C@H](NC(=O)N[C@@H](CCC(=O)O)C(=O)O)C(=O)O)Cc5ccc(Cl)cc5)nn4)[C@@H](NC(=O)c4ccccc4)c4ccccc4)C(C)=C1C3(C)C)[C@]1(OC(C)=O)CO[C@@H]1C[C@@H]2O. The van der Waals surface area contributed by atoms with Gasteiger partial charge in [0.05, 0.1) is 35.3 Å². The van der Waals surface area contributed by atoms with Crippen molar-refractivity contribution < 1.29 is 111 Å². The third-order valence-electron chi connectivity index (χ3n) is 21.1. The zero-order valence-electron chi connectivity index (χ0n) is 61.3. The number of ketones is 1. The van der Waals surface area contributed by atoms with Crippen molar-refractivity contribution in [2.24, 2.45) is 16.7 Å². The van der Waals surface area contributed by atoms with Crippen molar-refractivity contribution in [3.63, 3.8) is 0 Å². The van der Waals surface area contributed by atoms with Crippen LogP contribution in [0.4, 0.5) is 4.79 Å². The van der Waals surface area contributed by atoms with E-state index in [-0.39, 0.29) is 98.4 Å². The Morgan fingerprint density at radius 2 is 1.36 bits per heavy atom. The number of nitrogens with one attached hydrogen (secondary N) is 3. The average Bonchev–Trinajstić information content (AvgIpc) is 0.902. The summed E-state index contributed by atoms with van der Waals surface area (Å²) in [7, 11) is 0. The van der Waals surface area contributed by atoms with E-state index in [2.05, 4.69) is 26.3 Å². The lowest BCUT2D eigenvalue weighted by atomic mass is 9.44. The number of carbonyl (C=O) groups is 12. The molecule has 0 radical (unpaired) electrons. The Balaban J connectivity index is 0.899. The van der Waals surface area contributed by atoms with Crippen LogP contribution >= 0.6 is 11.6 Å². The van der Waals surface area contributed by atoms with E-state index in [9.17, 15) is 68.4 Å². The van der Waals surface area contributed by atoms with Gasteiger partial charge in [-0.1, -0.05) is 116 Å². The minimum Gasteiger partial charge on any atom is -0.481 e. The molecule has 8 N–H and O–H groups in total. The van der Waals surface area contributed by atoms with E-state index in [0.717, 1.165) is 19.4 Å². The molecule has 3 aliphatic carbocycles. The van der Waals surface area contributed by atoms with Gasteiger partial charge < -0.3 is 74.8 Å². The highest BCUT2D eigenvalue weighted by molar-refractivity contribution is 6.30. The van der Waals surface area contributed by atoms with Crippen molar-refractivity contribution in [1.82, 2.24) is 35.8 Å². The number of aromatic nitrogens is 3. The first kappa shape index (κ1) is 82.6. The summed E-state index contributed by atoms with van der Waals surface area (Å²) in [6.45, 7) is 8.60. The van der Waals surface area contributed by atoms with Gasteiger partial charge in [-0.3, -0.25) is 38.2 Å². The second-order valence-corrected chi connectivity index (χ2v) is 29.2. The molecule has 4 amide bonds. The number of aliphatic hydroxyl groups excluding tert-OH is 1. The number of benzene rings is 4. The van der Waals surface area contributed by atoms with Crippen LogP contribution in [0.2, 0.25) is 5.02 Å². The third kappa shape index (κ3) is 19.5. The highest BCUT2D eigenvalue weighted by Gasteiger charge is 2.78. The number of unbranched alkanes of at least 4 members (excludes halogenated alkanes) is 3. The lowest BCUT2D eigenvalue weighted by Crippen LogP contribution is -2.82. The van der Waals surface area contributed by atoms with Crippen LogP contribution in [0.3, 0.4) is 0 Å². The number of fused-ring (bicyclic) bond motifs is 5. The van der Waals surface area contributed by atoms with Crippen LogP contribution in [-0.4, -0.2) is 190 Å². The molecule has 4 aromatic carbocycles. The lowest BCUT2D eigenvalue weighted by molar-refractivity contribution is -0.346. The fourth-order valence-electron chi connectivity index (χ4n) is 15.2. The van der Waals surface area contributed by atoms with Gasteiger partial charge in [-0.2, -0.15) is 0 Å². The van der Waals surface area contributed by atoms with E-state index in [4.69, 9.17) is 45.1 Å². The molecule has 9 rings (SSSR count). The van der Waals surface area contributed by atoms with Gasteiger partial charge in [0.1, 0.15) is 42.0 Å². The topological polar surface area (TPSA) is 431 Å². The Morgan fingerprint density at radius 1 is 0.725 bits per heavy atom. The number of carboxylic acids is 3. The molecule has 2 saturated carbocycles. The maximum Gasteiger partial charge on any atom is 0.350 e. The van der Waals surface area contributed by atoms with Gasteiger partial charge in [0.25, 0.3) is 5.91 Å². The van der Waals surface area contributed by atoms with Crippen LogP contribution in [0.1, 0.15) is 169 Å². The van der Waals surface area contributed by atoms with E-state index in [1.54, 1.807) is 107 Å². The minimum atomic E-state index is -2.53. The Hall–Kier alpha value is -10.4. The first-order valence-electron chi connectivity index (χ1n) is 36.1. The second-order valence-electron chi connectivity index (χ2n) is 28.7. The van der Waals surface area contributed by atoms with E-state index in [1.807, 2.05) is 0 Å². The van der Waals surface area contributed by atoms with Gasteiger partial charge in [0.2, 0.25) is 12.0 Å². The van der Waals surface area contributed by atoms with Crippen molar-refractivity contribution in [3.8, 4) is 0 Å². The lowest BCUT2D eigenvalue weighted by Gasteiger charge is -2.67. The molecular weight excluding hydrogens is 1440 g/mol. The van der Waals surface area contributed by atoms with Crippen molar-refractivity contribution in [3.05, 3.63) is 166 Å². The van der Waals surface area contributed by atoms with Crippen molar-refractivity contribution in [2.75, 3.05) is 13.2 Å². The number of carbonyl (C=O) groups excluding carboxylic acids is 9. The average molecular weight is 1530 g/mol. The molecule has 1 saturated heterocycles. The molecule has 31 heteroatoms. The molecule has 0 spiro atoms. The second kappa shape index (κ2) is 36.2. The van der Waals surface area contributed by atoms with Gasteiger partial charge in [-0.15, -0.1) is 5.10 Å². The molecule has 2 bridgehead atoms. The Kier molecular flexibility index (Phi) is 27.4. The van der Waals surface area contributed by atoms with Crippen molar-refractivity contribution in [2.45, 2.75) is 210 Å². The summed E-state index contributed by atoms with van der Waals surface area (Å²) in [6.07, 6.45) is -8.14. The number of aliphatic carboxylic acids is 3. The van der Waals surface area contributed by atoms with E-state index < -0.39 is 167 Å². The third-order valence-corrected chi connectivity index (χ3v) is 21.3. The highest BCUT2D eigenvalue weighted by Crippen LogP contribution is 2.64. The molecule has 4 aliphatic rings. The van der Waals surface area contributed by atoms with Crippen LogP contribution in [0.25, 0.3) is 0 Å². The summed E-state index contributed by atoms with van der Waals surface area (Å²) in [5.41, 5.74) is -6.59. The van der Waals surface area contributed by atoms with Crippen LogP contribution in [0.5, 0.6) is 0 Å².